The second-order valence-corrected chi connectivity index (χ2v) is 19.8. The van der Waals surface area contributed by atoms with Gasteiger partial charge in [0.2, 0.25) is 6.29 Å². The van der Waals surface area contributed by atoms with Crippen LogP contribution < -0.4 is 0 Å². The van der Waals surface area contributed by atoms with Crippen molar-refractivity contribution >= 4 is 39.5 Å². The molecule has 0 aliphatic carbocycles. The monoisotopic (exact) mass is 674 g/mol. The number of unbranched alkanes of at least 4 members (excludes halogenated alkanes) is 1. The molecule has 2 saturated heterocycles. The molecule has 5 atom stereocenters. The van der Waals surface area contributed by atoms with Crippen LogP contribution in [0.25, 0.3) is 0 Å². The number of aliphatic hydroxyl groups is 1. The highest BCUT2D eigenvalue weighted by atomic mass is 33.1. The predicted octanol–water partition coefficient (Wildman–Crippen LogP) is 7.98. The molecule has 2 aliphatic rings. The van der Waals surface area contributed by atoms with E-state index in [0.717, 1.165) is 12.8 Å². The Hall–Kier alpha value is -0.970. The van der Waals surface area contributed by atoms with Crippen LogP contribution in [0, 0.1) is 32.5 Å². The average Bonchev–Trinajstić information content (AvgIpc) is 3.58. The molecular weight excluding hydrogens is 613 g/mol. The molecule has 1 N–H and O–H groups in total. The van der Waals surface area contributed by atoms with Gasteiger partial charge in [-0.1, -0.05) is 97.2 Å². The molecule has 45 heavy (non-hydrogen) atoms. The SMILES string of the molecule is CC(C)(C)CC(C)(C(=O)OCC(O)OC(=O)CCCCC1CCSS1)C(C)(C)C(C)(C)CC(C)(C(=O)OCC1CO1)C(C)(C)C. The molecule has 5 unspecified atom stereocenters. The lowest BCUT2D eigenvalue weighted by atomic mass is 9.47. The number of esters is 3. The van der Waals surface area contributed by atoms with Crippen molar-refractivity contribution in [1.82, 2.24) is 0 Å². The fourth-order valence-electron chi connectivity index (χ4n) is 6.35. The average molecular weight is 675 g/mol. The summed E-state index contributed by atoms with van der Waals surface area (Å²) in [6.07, 6.45) is 3.56. The third-order valence-electron chi connectivity index (χ3n) is 10.6. The summed E-state index contributed by atoms with van der Waals surface area (Å²) in [6.45, 7) is 25.0. The van der Waals surface area contributed by atoms with Crippen LogP contribution >= 0.6 is 21.6 Å². The summed E-state index contributed by atoms with van der Waals surface area (Å²) in [5, 5.41) is 11.1. The van der Waals surface area contributed by atoms with E-state index in [2.05, 4.69) is 48.5 Å². The van der Waals surface area contributed by atoms with Gasteiger partial charge in [-0.05, 0) is 67.6 Å². The van der Waals surface area contributed by atoms with Crippen molar-refractivity contribution in [2.75, 3.05) is 25.6 Å². The molecule has 2 aliphatic heterocycles. The van der Waals surface area contributed by atoms with Gasteiger partial charge in [-0.25, -0.2) is 0 Å². The highest BCUT2D eigenvalue weighted by Crippen LogP contribution is 2.61. The van der Waals surface area contributed by atoms with Gasteiger partial charge in [-0.3, -0.25) is 14.4 Å². The number of aliphatic hydroxyl groups excluding tert-OH is 1. The summed E-state index contributed by atoms with van der Waals surface area (Å²) in [6, 6.07) is 0. The lowest BCUT2D eigenvalue weighted by molar-refractivity contribution is -0.197. The molecule has 262 valence electrons. The van der Waals surface area contributed by atoms with Crippen LogP contribution in [0.15, 0.2) is 0 Å². The minimum absolute atomic E-state index is 0.0258. The molecule has 8 nitrogen and oxygen atoms in total. The third kappa shape index (κ3) is 11.0. The van der Waals surface area contributed by atoms with E-state index in [1.165, 1.54) is 12.2 Å². The third-order valence-corrected chi connectivity index (χ3v) is 13.6. The highest BCUT2D eigenvalue weighted by molar-refractivity contribution is 8.77. The van der Waals surface area contributed by atoms with E-state index in [0.29, 0.717) is 31.1 Å². The summed E-state index contributed by atoms with van der Waals surface area (Å²) in [5.41, 5.74) is -3.77. The molecule has 0 aromatic rings. The maximum absolute atomic E-state index is 14.1. The predicted molar refractivity (Wildman–Crippen MR) is 183 cm³/mol. The number of carbonyl (C=O) groups excluding carboxylic acids is 3. The molecule has 0 saturated carbocycles. The van der Waals surface area contributed by atoms with Gasteiger partial charge in [-0.15, -0.1) is 0 Å². The van der Waals surface area contributed by atoms with Crippen LogP contribution in [-0.4, -0.2) is 66.2 Å². The quantitative estimate of drug-likeness (QED) is 0.0407. The van der Waals surface area contributed by atoms with Crippen LogP contribution in [0.4, 0.5) is 0 Å². The van der Waals surface area contributed by atoms with E-state index >= 15 is 0 Å². The van der Waals surface area contributed by atoms with Crippen LogP contribution in [0.5, 0.6) is 0 Å². The van der Waals surface area contributed by atoms with Crippen molar-refractivity contribution in [1.29, 1.82) is 0 Å². The van der Waals surface area contributed by atoms with E-state index in [9.17, 15) is 19.5 Å². The van der Waals surface area contributed by atoms with Gasteiger partial charge < -0.3 is 24.1 Å². The van der Waals surface area contributed by atoms with Gasteiger partial charge in [0.05, 0.1) is 17.4 Å². The zero-order valence-electron chi connectivity index (χ0n) is 30.1. The van der Waals surface area contributed by atoms with Crippen molar-refractivity contribution in [2.24, 2.45) is 32.5 Å². The Morgan fingerprint density at radius 3 is 1.98 bits per heavy atom. The van der Waals surface area contributed by atoms with E-state index in [4.69, 9.17) is 18.9 Å². The fraction of sp³-hybridized carbons (Fsp3) is 0.914. The van der Waals surface area contributed by atoms with Crippen molar-refractivity contribution in [3.63, 3.8) is 0 Å². The summed E-state index contributed by atoms with van der Waals surface area (Å²) < 4.78 is 21.9. The molecule has 0 amide bonds. The van der Waals surface area contributed by atoms with E-state index in [1.807, 2.05) is 56.2 Å². The number of hydrogen-bond acceptors (Lipinski definition) is 10. The van der Waals surface area contributed by atoms with E-state index in [1.54, 1.807) is 0 Å². The maximum atomic E-state index is 14.1. The normalized spacial score (nSPS) is 22.6. The van der Waals surface area contributed by atoms with Gasteiger partial charge in [0.1, 0.15) is 12.7 Å². The van der Waals surface area contributed by atoms with Crippen LogP contribution in [0.3, 0.4) is 0 Å². The highest BCUT2D eigenvalue weighted by Gasteiger charge is 2.60. The number of rotatable bonds is 17. The first-order valence-corrected chi connectivity index (χ1v) is 19.0. The smallest absolute Gasteiger partial charge is 0.312 e. The van der Waals surface area contributed by atoms with Gasteiger partial charge in [0.15, 0.2) is 6.61 Å². The molecular formula is C35H62O8S2. The maximum Gasteiger partial charge on any atom is 0.312 e. The Labute approximate surface area is 281 Å². The first kappa shape index (κ1) is 40.2. The molecule has 0 aromatic carbocycles. The zero-order valence-corrected chi connectivity index (χ0v) is 31.8. The molecule has 2 heterocycles. The second-order valence-electron chi connectivity index (χ2n) is 17.0. The zero-order chi connectivity index (χ0) is 34.5. The second kappa shape index (κ2) is 15.5. The molecule has 0 bridgehead atoms. The molecule has 0 spiro atoms. The van der Waals surface area contributed by atoms with Crippen molar-refractivity contribution in [2.45, 2.75) is 146 Å². The first-order valence-electron chi connectivity index (χ1n) is 16.6. The Kier molecular flexibility index (Phi) is 13.8. The molecule has 0 aromatic heterocycles. The molecule has 10 heteroatoms. The summed E-state index contributed by atoms with van der Waals surface area (Å²) in [5.74, 6) is -0.0421. The lowest BCUT2D eigenvalue weighted by Crippen LogP contribution is -2.56. The standard InChI is InChI=1S/C35H62O8S2/c1-30(2,3)22-35(12,29(39)42-21-27(37)43-26(36)16-14-13-15-25-17-18-44-45-25)33(9,10)32(7,8)23-34(11,31(4,5)6)28(38)41-20-24-19-40-24/h24-25,27,37H,13-23H2,1-12H3. The lowest BCUT2D eigenvalue weighted by Gasteiger charge is -2.56. The number of ether oxygens (including phenoxy) is 4. The van der Waals surface area contributed by atoms with Crippen molar-refractivity contribution in [3.8, 4) is 0 Å². The Morgan fingerprint density at radius 2 is 1.47 bits per heavy atom. The van der Waals surface area contributed by atoms with E-state index < -0.39 is 51.9 Å². The Bertz CT molecular complexity index is 1000. The number of epoxide rings is 1. The number of hydrogen-bond donors (Lipinski definition) is 1. The molecule has 2 fully saturated rings. The van der Waals surface area contributed by atoms with Gasteiger partial charge in [-0.2, -0.15) is 0 Å². The van der Waals surface area contributed by atoms with Crippen LogP contribution in [0.2, 0.25) is 0 Å². The van der Waals surface area contributed by atoms with Crippen LogP contribution in [0.1, 0.15) is 128 Å². The first-order chi connectivity index (χ1) is 20.4. The van der Waals surface area contributed by atoms with Gasteiger partial charge in [0, 0.05) is 17.4 Å². The van der Waals surface area contributed by atoms with Crippen molar-refractivity contribution < 1.29 is 38.4 Å². The van der Waals surface area contributed by atoms with Gasteiger partial charge in [0.25, 0.3) is 0 Å². The fourth-order valence-corrected chi connectivity index (χ4v) is 9.38. The van der Waals surface area contributed by atoms with E-state index in [-0.39, 0.29) is 30.5 Å². The number of carbonyl (C=O) groups is 3. The summed E-state index contributed by atoms with van der Waals surface area (Å²) in [4.78, 5) is 40.0. The van der Waals surface area contributed by atoms with Crippen molar-refractivity contribution in [3.05, 3.63) is 0 Å². The minimum atomic E-state index is -1.53. The topological polar surface area (TPSA) is 112 Å². The largest absolute Gasteiger partial charge is 0.462 e. The molecule has 2 rings (SSSR count). The molecule has 0 radical (unpaired) electrons. The van der Waals surface area contributed by atoms with Crippen LogP contribution in [-0.2, 0) is 33.3 Å². The Morgan fingerprint density at radius 1 is 0.867 bits per heavy atom. The minimum Gasteiger partial charge on any atom is -0.462 e. The Balaban J connectivity index is 2.14. The summed E-state index contributed by atoms with van der Waals surface area (Å²) >= 11 is 0. The summed E-state index contributed by atoms with van der Waals surface area (Å²) in [7, 11) is 3.83. The van der Waals surface area contributed by atoms with Gasteiger partial charge >= 0.3 is 17.9 Å².